The fourth-order valence-corrected chi connectivity index (χ4v) is 5.05. The number of hydrogen-bond donors (Lipinski definition) is 2. The van der Waals surface area contributed by atoms with Crippen LogP contribution in [0.5, 0.6) is 11.5 Å². The minimum Gasteiger partial charge on any atom is -0.490 e. The highest BCUT2D eigenvalue weighted by molar-refractivity contribution is 5.94. The van der Waals surface area contributed by atoms with Crippen molar-refractivity contribution in [3.8, 4) is 11.5 Å². The first kappa shape index (κ1) is 27.6. The zero-order valence-electron chi connectivity index (χ0n) is 23.1. The molecule has 0 unspecified atom stereocenters. The van der Waals surface area contributed by atoms with Gasteiger partial charge in [-0.05, 0) is 76.4 Å². The van der Waals surface area contributed by atoms with Gasteiger partial charge in [0.2, 0.25) is 0 Å². The van der Waals surface area contributed by atoms with E-state index in [-0.39, 0.29) is 11.8 Å². The van der Waals surface area contributed by atoms with Gasteiger partial charge in [0.05, 0.1) is 31.5 Å². The van der Waals surface area contributed by atoms with E-state index in [1.165, 1.54) is 26.3 Å². The van der Waals surface area contributed by atoms with E-state index in [9.17, 15) is 4.79 Å². The van der Waals surface area contributed by atoms with Crippen LogP contribution in [0.25, 0.3) is 21.8 Å². The smallest absolute Gasteiger partial charge is 0.305 e. The molecular formula is C30H36FN5O4. The van der Waals surface area contributed by atoms with Crippen molar-refractivity contribution in [3.63, 3.8) is 0 Å². The first-order valence-electron chi connectivity index (χ1n) is 13.9. The van der Waals surface area contributed by atoms with Crippen LogP contribution in [0.4, 0.5) is 15.9 Å². The summed E-state index contributed by atoms with van der Waals surface area (Å²) in [7, 11) is 1.39. The molecule has 40 heavy (non-hydrogen) atoms. The molecule has 0 bridgehead atoms. The van der Waals surface area contributed by atoms with Crippen LogP contribution in [0, 0.1) is 12.7 Å². The number of ether oxygens (including phenoxy) is 3. The number of fused-ring (bicyclic) bond motifs is 2. The summed E-state index contributed by atoms with van der Waals surface area (Å²) in [6.07, 6.45) is 6.56. The van der Waals surface area contributed by atoms with Gasteiger partial charge >= 0.3 is 5.97 Å². The highest BCUT2D eigenvalue weighted by Gasteiger charge is 2.16. The molecule has 9 nitrogen and oxygen atoms in total. The number of nitrogens with one attached hydrogen (secondary N) is 2. The summed E-state index contributed by atoms with van der Waals surface area (Å²) in [5.41, 5.74) is 2.60. The molecule has 0 spiro atoms. The summed E-state index contributed by atoms with van der Waals surface area (Å²) in [6, 6.07) is 9.00. The third-order valence-corrected chi connectivity index (χ3v) is 7.16. The van der Waals surface area contributed by atoms with Gasteiger partial charge in [0.15, 0.2) is 17.3 Å². The topological polar surface area (TPSA) is 102 Å². The Kier molecular flexibility index (Phi) is 8.95. The Balaban J connectivity index is 1.36. The third-order valence-electron chi connectivity index (χ3n) is 7.16. The molecule has 5 rings (SSSR count). The predicted octanol–water partition coefficient (Wildman–Crippen LogP) is 5.89. The van der Waals surface area contributed by atoms with Gasteiger partial charge in [0.1, 0.15) is 12.1 Å². The van der Waals surface area contributed by atoms with Crippen LogP contribution >= 0.6 is 0 Å². The van der Waals surface area contributed by atoms with Crippen LogP contribution in [0.1, 0.15) is 44.2 Å². The van der Waals surface area contributed by atoms with E-state index in [0.717, 1.165) is 37.3 Å². The van der Waals surface area contributed by atoms with Gasteiger partial charge in [-0.2, -0.15) is 0 Å². The number of unbranched alkanes of at least 4 members (excludes halogenated alkanes) is 1. The summed E-state index contributed by atoms with van der Waals surface area (Å²) in [5, 5.41) is 4.35. The number of methoxy groups -OCH3 is 1. The number of carbonyl (C=O) groups is 1. The van der Waals surface area contributed by atoms with Crippen LogP contribution in [0.3, 0.4) is 0 Å². The molecule has 2 aromatic heterocycles. The molecule has 0 saturated carbocycles. The van der Waals surface area contributed by atoms with Gasteiger partial charge in [-0.15, -0.1) is 0 Å². The van der Waals surface area contributed by atoms with Gasteiger partial charge < -0.3 is 29.4 Å². The molecular weight excluding hydrogens is 513 g/mol. The van der Waals surface area contributed by atoms with E-state index in [1.54, 1.807) is 12.1 Å². The number of aryl methyl sites for hydroxylation is 1. The fraction of sp³-hybridized carbons (Fsp3) is 0.433. The number of H-pyrrole nitrogens is 1. The number of anilines is 2. The monoisotopic (exact) mass is 549 g/mol. The van der Waals surface area contributed by atoms with E-state index in [1.807, 2.05) is 25.1 Å². The second-order valence-electron chi connectivity index (χ2n) is 10.1. The van der Waals surface area contributed by atoms with E-state index in [0.29, 0.717) is 71.8 Å². The number of likely N-dealkylation sites (tertiary alicyclic amines) is 1. The minimum absolute atomic E-state index is 0.235. The number of nitrogens with zero attached hydrogens (tertiary/aromatic N) is 3. The van der Waals surface area contributed by atoms with Crippen LogP contribution in [0.15, 0.2) is 36.7 Å². The average molecular weight is 550 g/mol. The normalized spacial score (nSPS) is 13.7. The maximum atomic E-state index is 15.3. The Morgan fingerprint density at radius 3 is 2.60 bits per heavy atom. The number of carbonyl (C=O) groups excluding carboxylic acids is 1. The summed E-state index contributed by atoms with van der Waals surface area (Å²) in [5.74, 6) is 1.03. The Morgan fingerprint density at radius 2 is 1.80 bits per heavy atom. The zero-order valence-corrected chi connectivity index (χ0v) is 23.1. The zero-order chi connectivity index (χ0) is 27.9. The summed E-state index contributed by atoms with van der Waals surface area (Å²) in [6.45, 7) is 6.16. The van der Waals surface area contributed by atoms with Crippen molar-refractivity contribution >= 4 is 39.3 Å². The Bertz CT molecular complexity index is 1470. The number of aromatic amines is 1. The van der Waals surface area contributed by atoms with E-state index < -0.39 is 0 Å². The molecule has 0 atom stereocenters. The number of rotatable bonds is 13. The second-order valence-corrected chi connectivity index (χ2v) is 10.1. The third kappa shape index (κ3) is 6.62. The SMILES string of the molecule is COC(=O)CCCCOc1cc2c(Nc3ccc4[nH]c(C)cc4c3F)ncnc2cc1OCCCN1CCCC1. The lowest BCUT2D eigenvalue weighted by molar-refractivity contribution is -0.140. The van der Waals surface area contributed by atoms with Crippen molar-refractivity contribution in [2.45, 2.75) is 45.4 Å². The maximum absolute atomic E-state index is 15.3. The highest BCUT2D eigenvalue weighted by atomic mass is 19.1. The second kappa shape index (κ2) is 13.0. The first-order chi connectivity index (χ1) is 19.5. The number of halogens is 1. The van der Waals surface area contributed by atoms with Crippen molar-refractivity contribution in [2.24, 2.45) is 0 Å². The Hall–Kier alpha value is -3.92. The summed E-state index contributed by atoms with van der Waals surface area (Å²) in [4.78, 5) is 25.9. The van der Waals surface area contributed by atoms with Crippen LogP contribution in [-0.2, 0) is 9.53 Å². The van der Waals surface area contributed by atoms with E-state index >= 15 is 4.39 Å². The molecule has 4 aromatic rings. The summed E-state index contributed by atoms with van der Waals surface area (Å²) >= 11 is 0. The molecule has 10 heteroatoms. The largest absolute Gasteiger partial charge is 0.490 e. The van der Waals surface area contributed by atoms with Crippen LogP contribution in [0.2, 0.25) is 0 Å². The predicted molar refractivity (Wildman–Crippen MR) is 153 cm³/mol. The lowest BCUT2D eigenvalue weighted by atomic mass is 10.1. The summed E-state index contributed by atoms with van der Waals surface area (Å²) < 4.78 is 32.3. The van der Waals surface area contributed by atoms with Gasteiger partial charge in [-0.1, -0.05) is 0 Å². The molecule has 2 aromatic carbocycles. The lowest BCUT2D eigenvalue weighted by Crippen LogP contribution is -2.22. The number of hydrogen-bond acceptors (Lipinski definition) is 8. The highest BCUT2D eigenvalue weighted by Crippen LogP contribution is 2.36. The molecule has 0 radical (unpaired) electrons. The van der Waals surface area contributed by atoms with Crippen LogP contribution in [-0.4, -0.2) is 65.8 Å². The number of esters is 1. The standard InChI is InChI=1S/C30H36FN5O4/c1-20-16-21-23(34-20)9-10-24(29(21)31)35-30-22-17-26(39-14-6-3-8-28(37)38-2)27(18-25(22)32-19-33-30)40-15-7-13-36-11-4-5-12-36/h9-10,16-19,34H,3-8,11-15H2,1-2H3,(H,32,33,35). The molecule has 1 saturated heterocycles. The van der Waals surface area contributed by atoms with Gasteiger partial charge in [-0.25, -0.2) is 14.4 Å². The number of benzene rings is 2. The van der Waals surface area contributed by atoms with Crippen molar-refractivity contribution in [2.75, 3.05) is 45.3 Å². The molecule has 0 amide bonds. The molecule has 1 aliphatic rings. The quantitative estimate of drug-likeness (QED) is 0.157. The maximum Gasteiger partial charge on any atom is 0.305 e. The molecule has 1 aliphatic heterocycles. The first-order valence-corrected chi connectivity index (χ1v) is 13.9. The molecule has 3 heterocycles. The van der Waals surface area contributed by atoms with Crippen molar-refractivity contribution in [3.05, 3.63) is 48.2 Å². The van der Waals surface area contributed by atoms with Crippen molar-refractivity contribution in [1.82, 2.24) is 19.9 Å². The van der Waals surface area contributed by atoms with Gasteiger partial charge in [-0.3, -0.25) is 4.79 Å². The molecule has 1 fully saturated rings. The van der Waals surface area contributed by atoms with E-state index in [4.69, 9.17) is 14.2 Å². The van der Waals surface area contributed by atoms with Crippen molar-refractivity contribution < 1.29 is 23.4 Å². The van der Waals surface area contributed by atoms with Gasteiger partial charge in [0, 0.05) is 41.0 Å². The van der Waals surface area contributed by atoms with Crippen molar-refractivity contribution in [1.29, 1.82) is 0 Å². The molecule has 0 aliphatic carbocycles. The van der Waals surface area contributed by atoms with Crippen LogP contribution < -0.4 is 14.8 Å². The average Bonchev–Trinajstić information content (AvgIpc) is 3.62. The fourth-order valence-electron chi connectivity index (χ4n) is 5.05. The minimum atomic E-state index is -0.353. The van der Waals surface area contributed by atoms with Gasteiger partial charge in [0.25, 0.3) is 0 Å². The number of aromatic nitrogens is 3. The van der Waals surface area contributed by atoms with E-state index in [2.05, 4.69) is 25.2 Å². The molecule has 212 valence electrons. The lowest BCUT2D eigenvalue weighted by Gasteiger charge is -2.17. The Labute approximate surface area is 233 Å². The Morgan fingerprint density at radius 1 is 1.02 bits per heavy atom. The molecule has 2 N–H and O–H groups in total.